The maximum Gasteiger partial charge on any atom is 0.307 e. The summed E-state index contributed by atoms with van der Waals surface area (Å²) in [7, 11) is 5.52. The molecule has 5 N–H and O–H groups in total. The number of phenolic OH excluding ortho intramolecular Hbond substituents is 1. The average molecular weight is 927 g/mol. The van der Waals surface area contributed by atoms with Gasteiger partial charge in [0, 0.05) is 98.1 Å². The molecule has 1 amide bonds. The van der Waals surface area contributed by atoms with Gasteiger partial charge in [-0.1, -0.05) is 45.9 Å². The molecule has 360 valence electrons. The van der Waals surface area contributed by atoms with Crippen LogP contribution in [0, 0.1) is 30.6 Å². The third-order valence-corrected chi connectivity index (χ3v) is 14.0. The predicted molar refractivity (Wildman–Crippen MR) is 254 cm³/mol. The summed E-state index contributed by atoms with van der Waals surface area (Å²) in [6.45, 7) is 14.0. The highest BCUT2D eigenvalue weighted by Crippen LogP contribution is 2.42. The SMILES string of the molecule is CO[C@H]1C=CO[C@@]2(C)Oc3c(C)c(O)c4c(=O)c(c5oc6cc(N7CCC(N(C)C)CC7)cc(=O)c6nc5c4c3=C2O)NC(=O)C(C)=CC=C[C@H](C)[C@H](O)[C@@H](C)[C@@H](O)[C@@H](C)[C@H](OC(C)=O)[C@@H]1C. The minimum atomic E-state index is -1.98. The Kier molecular flexibility index (Phi) is 13.8. The van der Waals surface area contributed by atoms with Gasteiger partial charge in [0.05, 0.1) is 35.2 Å². The Labute approximate surface area is 387 Å². The molecule has 4 bridgehead atoms. The number of aromatic nitrogens is 1. The lowest BCUT2D eigenvalue weighted by atomic mass is 9.78. The second kappa shape index (κ2) is 18.9. The molecule has 1 saturated heterocycles. The van der Waals surface area contributed by atoms with Crippen molar-refractivity contribution in [3.05, 3.63) is 79.5 Å². The highest BCUT2D eigenvalue weighted by atomic mass is 16.7. The number of carbonyl (C=O) groups excluding carboxylic acids is 2. The maximum absolute atomic E-state index is 14.9. The van der Waals surface area contributed by atoms with Crippen molar-refractivity contribution in [3.8, 4) is 11.5 Å². The van der Waals surface area contributed by atoms with Gasteiger partial charge in [-0.15, -0.1) is 0 Å². The van der Waals surface area contributed by atoms with Gasteiger partial charge in [0.1, 0.15) is 28.8 Å². The number of nitrogens with zero attached hydrogens (tertiary/aromatic N) is 3. The van der Waals surface area contributed by atoms with Crippen molar-refractivity contribution in [2.75, 3.05) is 44.5 Å². The number of carbonyl (C=O) groups is 2. The lowest BCUT2D eigenvalue weighted by molar-refractivity contribution is -0.160. The molecule has 4 heterocycles. The van der Waals surface area contributed by atoms with Crippen molar-refractivity contribution in [1.29, 1.82) is 0 Å². The fraction of sp³-hybridized carbons (Fsp3) is 0.500. The number of methoxy groups -OCH3 is 1. The van der Waals surface area contributed by atoms with Crippen molar-refractivity contribution in [2.24, 2.45) is 23.7 Å². The van der Waals surface area contributed by atoms with Crippen molar-refractivity contribution in [2.45, 2.75) is 104 Å². The molecule has 0 radical (unpaired) electrons. The zero-order valence-corrected chi connectivity index (χ0v) is 39.9. The molecule has 1 fully saturated rings. The van der Waals surface area contributed by atoms with Crippen molar-refractivity contribution >= 4 is 62.0 Å². The maximum atomic E-state index is 14.9. The van der Waals surface area contributed by atoms with Gasteiger partial charge in [-0.05, 0) is 46.9 Å². The van der Waals surface area contributed by atoms with Gasteiger partial charge in [-0.25, -0.2) is 4.98 Å². The Morgan fingerprint density at radius 1 is 0.955 bits per heavy atom. The van der Waals surface area contributed by atoms with E-state index < -0.39 is 88.1 Å². The zero-order valence-electron chi connectivity index (χ0n) is 39.9. The van der Waals surface area contributed by atoms with Crippen LogP contribution in [0.25, 0.3) is 38.7 Å². The second-order valence-electron chi connectivity index (χ2n) is 18.7. The van der Waals surface area contributed by atoms with E-state index in [2.05, 4.69) is 15.1 Å². The van der Waals surface area contributed by atoms with Crippen LogP contribution in [0.1, 0.15) is 66.9 Å². The largest absolute Gasteiger partial charge is 0.507 e. The number of benzene rings is 3. The number of fused-ring (bicyclic) bond motifs is 2. The van der Waals surface area contributed by atoms with E-state index in [1.807, 2.05) is 14.1 Å². The fourth-order valence-corrected chi connectivity index (χ4v) is 9.70. The third-order valence-electron chi connectivity index (χ3n) is 14.0. The highest BCUT2D eigenvalue weighted by molar-refractivity contribution is 6.16. The molecule has 0 aliphatic carbocycles. The van der Waals surface area contributed by atoms with E-state index in [4.69, 9.17) is 28.3 Å². The smallest absolute Gasteiger partial charge is 0.307 e. The molecule has 9 atom stereocenters. The van der Waals surface area contributed by atoms with Crippen LogP contribution in [0.3, 0.4) is 0 Å². The number of amides is 1. The number of piperidine rings is 1. The van der Waals surface area contributed by atoms with Crippen LogP contribution in [0.2, 0.25) is 0 Å². The molecule has 3 aliphatic heterocycles. The molecule has 0 spiro atoms. The van der Waals surface area contributed by atoms with Crippen molar-refractivity contribution in [1.82, 2.24) is 9.88 Å². The average Bonchev–Trinajstić information content (AvgIpc) is 3.56. The number of hydrogen-bond donors (Lipinski definition) is 5. The van der Waals surface area contributed by atoms with Gasteiger partial charge >= 0.3 is 11.8 Å². The molecule has 3 aromatic carbocycles. The van der Waals surface area contributed by atoms with Crippen LogP contribution in [0.4, 0.5) is 11.4 Å². The fourth-order valence-electron chi connectivity index (χ4n) is 9.70. The molecule has 67 heavy (non-hydrogen) atoms. The van der Waals surface area contributed by atoms with Gasteiger partial charge in [0.25, 0.3) is 5.91 Å². The quantitative estimate of drug-likeness (QED) is 0.102. The summed E-state index contributed by atoms with van der Waals surface area (Å²) in [5.41, 5.74) is -1.35. The standard InChI is InChI=1S/C50H62N4O13/c1-23-13-12-14-24(2)49(62)52-40-44(60)36-35(39-47(40)66-34-22-31(21-32(56)38(34)51-39)54-18-15-30(16-19-54)53(9)10)37-46(28(6)43(36)59)67-50(8,48(37)61)64-20-17-33(63-11)25(3)45(65-29(7)55)27(5)42(58)26(4)41(23)57/h12-14,17,20-23,25-27,30,33,41-42,45,57-59,61H,15-16,18-19H2,1-11H3,(H,52,62)/t23-,25+,26+,27+,33-,41-,42+,45+,50-/m0/s1. The van der Waals surface area contributed by atoms with E-state index >= 15 is 0 Å². The molecule has 17 nitrogen and oxygen atoms in total. The lowest BCUT2D eigenvalue weighted by Crippen LogP contribution is -2.46. The summed E-state index contributed by atoms with van der Waals surface area (Å²) in [4.78, 5) is 64.4. The number of allylic oxidation sites excluding steroid dienone is 2. The van der Waals surface area contributed by atoms with Crippen LogP contribution in [-0.2, 0) is 23.8 Å². The number of phenols is 1. The van der Waals surface area contributed by atoms with Gasteiger partial charge in [0.15, 0.2) is 22.4 Å². The number of anilines is 2. The third kappa shape index (κ3) is 8.97. The van der Waals surface area contributed by atoms with Crippen LogP contribution < -0.4 is 31.0 Å². The minimum Gasteiger partial charge on any atom is -0.507 e. The summed E-state index contributed by atoms with van der Waals surface area (Å²) < 4.78 is 30.5. The van der Waals surface area contributed by atoms with E-state index in [1.165, 1.54) is 59.3 Å². The van der Waals surface area contributed by atoms with Crippen LogP contribution in [0.5, 0.6) is 11.5 Å². The highest BCUT2D eigenvalue weighted by Gasteiger charge is 2.44. The number of aromatic hydroxyl groups is 1. The lowest BCUT2D eigenvalue weighted by Gasteiger charge is -2.38. The molecule has 3 aliphatic rings. The Balaban J connectivity index is 1.47. The predicted octanol–water partition coefficient (Wildman–Crippen LogP) is 5.09. The number of nitrogens with one attached hydrogen (secondary N) is 1. The molecule has 7 rings (SSSR count). The van der Waals surface area contributed by atoms with Crippen LogP contribution in [0.15, 0.2) is 62.3 Å². The Morgan fingerprint density at radius 3 is 2.28 bits per heavy atom. The Bertz CT molecular complexity index is 2880. The number of esters is 1. The van der Waals surface area contributed by atoms with E-state index in [9.17, 15) is 39.6 Å². The van der Waals surface area contributed by atoms with Crippen molar-refractivity contribution < 1.29 is 53.4 Å². The van der Waals surface area contributed by atoms with E-state index in [1.54, 1.807) is 45.9 Å². The van der Waals surface area contributed by atoms with Gasteiger partial charge in [-0.3, -0.25) is 19.2 Å². The van der Waals surface area contributed by atoms with Gasteiger partial charge < -0.3 is 58.9 Å². The Hall–Kier alpha value is -6.01. The van der Waals surface area contributed by atoms with E-state index in [0.717, 1.165) is 12.8 Å². The first-order chi connectivity index (χ1) is 31.6. The number of rotatable bonds is 4. The number of hydrogen-bond acceptors (Lipinski definition) is 16. The number of aliphatic hydroxyl groups excluding tert-OH is 3. The Morgan fingerprint density at radius 2 is 1.64 bits per heavy atom. The molecular weight excluding hydrogens is 865 g/mol. The molecule has 0 saturated carbocycles. The van der Waals surface area contributed by atoms with Gasteiger partial charge in [-0.2, -0.15) is 0 Å². The molecule has 4 aromatic rings. The zero-order chi connectivity index (χ0) is 49.0. The van der Waals surface area contributed by atoms with Crippen LogP contribution >= 0.6 is 0 Å². The molecular formula is C50H62N4O13. The number of aliphatic hydroxyl groups is 3. The van der Waals surface area contributed by atoms with E-state index in [0.29, 0.717) is 24.8 Å². The molecule has 17 heteroatoms. The summed E-state index contributed by atoms with van der Waals surface area (Å²) in [5, 5.41) is 49.3. The summed E-state index contributed by atoms with van der Waals surface area (Å²) in [6, 6.07) is 3.54. The van der Waals surface area contributed by atoms with Crippen molar-refractivity contribution in [3.63, 3.8) is 0 Å². The first-order valence-electron chi connectivity index (χ1n) is 22.6. The minimum absolute atomic E-state index is 0.0391. The monoisotopic (exact) mass is 926 g/mol. The molecule has 0 unspecified atom stereocenters. The van der Waals surface area contributed by atoms with Gasteiger partial charge in [0.2, 0.25) is 10.9 Å². The first-order valence-corrected chi connectivity index (χ1v) is 22.6. The topological polar surface area (TPSA) is 231 Å². The first kappa shape index (κ1) is 48.9. The van der Waals surface area contributed by atoms with Crippen LogP contribution in [-0.4, -0.2) is 113 Å². The summed E-state index contributed by atoms with van der Waals surface area (Å²) >= 11 is 0. The normalized spacial score (nSPS) is 28.0. The van der Waals surface area contributed by atoms with E-state index in [-0.39, 0.29) is 60.8 Å². The number of ether oxygens (including phenoxy) is 4. The summed E-state index contributed by atoms with van der Waals surface area (Å²) in [5.74, 6) is -6.93. The molecule has 1 aromatic heterocycles. The summed E-state index contributed by atoms with van der Waals surface area (Å²) in [6.07, 6.45) is 5.30. The second-order valence-corrected chi connectivity index (χ2v) is 18.7.